The molecular formula is C15H24N2O3S. The summed E-state index contributed by atoms with van der Waals surface area (Å²) in [5.74, 6) is 1.20. The van der Waals surface area contributed by atoms with Gasteiger partial charge in [0.25, 0.3) is 0 Å². The third kappa shape index (κ3) is 4.41. The van der Waals surface area contributed by atoms with Gasteiger partial charge in [-0.05, 0) is 51.5 Å². The molecule has 0 aliphatic heterocycles. The number of amides is 2. The summed E-state index contributed by atoms with van der Waals surface area (Å²) >= 11 is 1.86. The number of hydrogen-bond donors (Lipinski definition) is 3. The highest BCUT2D eigenvalue weighted by Gasteiger charge is 2.29. The Morgan fingerprint density at radius 3 is 2.86 bits per heavy atom. The zero-order valence-corrected chi connectivity index (χ0v) is 13.6. The molecule has 21 heavy (non-hydrogen) atoms. The van der Waals surface area contributed by atoms with Crippen LogP contribution in [0.2, 0.25) is 0 Å². The van der Waals surface area contributed by atoms with Gasteiger partial charge in [0.15, 0.2) is 0 Å². The number of furan rings is 1. The number of aryl methyl sites for hydroxylation is 1. The van der Waals surface area contributed by atoms with E-state index >= 15 is 0 Å². The van der Waals surface area contributed by atoms with E-state index in [0.717, 1.165) is 25.0 Å². The van der Waals surface area contributed by atoms with Crippen LogP contribution in [0.25, 0.3) is 0 Å². The molecule has 3 N–H and O–H groups in total. The number of aliphatic hydroxyl groups is 1. The van der Waals surface area contributed by atoms with Gasteiger partial charge in [-0.2, -0.15) is 11.8 Å². The molecule has 1 aliphatic carbocycles. The summed E-state index contributed by atoms with van der Waals surface area (Å²) < 4.78 is 5.42. The van der Waals surface area contributed by atoms with E-state index in [2.05, 4.69) is 16.9 Å². The topological polar surface area (TPSA) is 74.5 Å². The molecule has 0 radical (unpaired) electrons. The Balaban J connectivity index is 1.78. The van der Waals surface area contributed by atoms with Crippen LogP contribution in [0.5, 0.6) is 0 Å². The summed E-state index contributed by atoms with van der Waals surface area (Å²) in [6.07, 6.45) is 5.29. The second-order valence-electron chi connectivity index (χ2n) is 5.88. The first-order chi connectivity index (χ1) is 9.90. The van der Waals surface area contributed by atoms with E-state index in [4.69, 9.17) is 4.42 Å². The maximum atomic E-state index is 11.9. The van der Waals surface area contributed by atoms with Crippen molar-refractivity contribution < 1.29 is 14.3 Å². The Kier molecular flexibility index (Phi) is 5.22. The van der Waals surface area contributed by atoms with Crippen molar-refractivity contribution in [3.05, 3.63) is 23.7 Å². The van der Waals surface area contributed by atoms with Gasteiger partial charge in [-0.25, -0.2) is 4.79 Å². The first kappa shape index (κ1) is 16.2. The number of nitrogens with one attached hydrogen (secondary N) is 2. The van der Waals surface area contributed by atoms with E-state index in [1.807, 2.05) is 18.7 Å². The van der Waals surface area contributed by atoms with Crippen molar-refractivity contribution in [3.63, 3.8) is 0 Å². The van der Waals surface area contributed by atoms with Crippen LogP contribution in [0, 0.1) is 6.92 Å². The van der Waals surface area contributed by atoms with Gasteiger partial charge in [-0.15, -0.1) is 0 Å². The number of thioether (sulfide) groups is 1. The minimum atomic E-state index is -1.21. The quantitative estimate of drug-likeness (QED) is 0.780. The van der Waals surface area contributed by atoms with Crippen LogP contribution in [-0.2, 0) is 5.60 Å². The SMILES string of the molecule is CSC1CCC(NC(=O)NCC(C)(O)c2ccc(C)o2)C1. The Morgan fingerprint density at radius 2 is 2.29 bits per heavy atom. The largest absolute Gasteiger partial charge is 0.463 e. The predicted octanol–water partition coefficient (Wildman–Crippen LogP) is 2.38. The molecule has 3 atom stereocenters. The molecular weight excluding hydrogens is 288 g/mol. The van der Waals surface area contributed by atoms with Crippen LogP contribution >= 0.6 is 11.8 Å². The number of rotatable bonds is 5. The van der Waals surface area contributed by atoms with E-state index in [-0.39, 0.29) is 18.6 Å². The van der Waals surface area contributed by atoms with Gasteiger partial charge in [0, 0.05) is 11.3 Å². The van der Waals surface area contributed by atoms with Gasteiger partial charge in [0.05, 0.1) is 6.54 Å². The molecule has 5 nitrogen and oxygen atoms in total. The smallest absolute Gasteiger partial charge is 0.315 e. The molecule has 2 rings (SSSR count). The Morgan fingerprint density at radius 1 is 1.52 bits per heavy atom. The van der Waals surface area contributed by atoms with Crippen molar-refractivity contribution in [2.24, 2.45) is 0 Å². The predicted molar refractivity (Wildman–Crippen MR) is 84.5 cm³/mol. The third-order valence-corrected chi connectivity index (χ3v) is 5.01. The first-order valence-corrected chi connectivity index (χ1v) is 8.56. The van der Waals surface area contributed by atoms with E-state index in [1.165, 1.54) is 0 Å². The van der Waals surface area contributed by atoms with Crippen LogP contribution in [-0.4, -0.2) is 35.2 Å². The molecule has 1 aromatic heterocycles. The van der Waals surface area contributed by atoms with Crippen LogP contribution < -0.4 is 10.6 Å². The van der Waals surface area contributed by atoms with Crippen LogP contribution in [0.15, 0.2) is 16.5 Å². The van der Waals surface area contributed by atoms with Crippen molar-refractivity contribution in [2.75, 3.05) is 12.8 Å². The Labute approximate surface area is 129 Å². The average molecular weight is 312 g/mol. The van der Waals surface area contributed by atoms with Crippen molar-refractivity contribution >= 4 is 17.8 Å². The molecule has 1 heterocycles. The monoisotopic (exact) mass is 312 g/mol. The highest BCUT2D eigenvalue weighted by atomic mass is 32.2. The minimum absolute atomic E-state index is 0.116. The van der Waals surface area contributed by atoms with Crippen molar-refractivity contribution in [2.45, 2.75) is 50.0 Å². The molecule has 118 valence electrons. The molecule has 2 amide bonds. The van der Waals surface area contributed by atoms with Crippen LogP contribution in [0.1, 0.15) is 37.7 Å². The average Bonchev–Trinajstić information content (AvgIpc) is 3.06. The maximum Gasteiger partial charge on any atom is 0.315 e. The standard InChI is InChI=1S/C15H24N2O3S/c1-10-4-7-13(20-10)15(2,19)9-16-14(18)17-11-5-6-12(8-11)21-3/h4,7,11-12,19H,5-6,8-9H2,1-3H3,(H2,16,17,18). The summed E-state index contributed by atoms with van der Waals surface area (Å²) in [5.41, 5.74) is -1.21. The Hall–Kier alpha value is -1.14. The van der Waals surface area contributed by atoms with Gasteiger partial charge in [0.2, 0.25) is 0 Å². The van der Waals surface area contributed by atoms with Crippen molar-refractivity contribution in [1.29, 1.82) is 0 Å². The lowest BCUT2D eigenvalue weighted by atomic mass is 10.0. The van der Waals surface area contributed by atoms with Crippen molar-refractivity contribution in [1.82, 2.24) is 10.6 Å². The third-order valence-electron chi connectivity index (χ3n) is 3.92. The maximum absolute atomic E-state index is 11.9. The van der Waals surface area contributed by atoms with Gasteiger partial charge in [-0.1, -0.05) is 0 Å². The minimum Gasteiger partial charge on any atom is -0.463 e. The van der Waals surface area contributed by atoms with Gasteiger partial charge in [0.1, 0.15) is 17.1 Å². The summed E-state index contributed by atoms with van der Waals surface area (Å²) in [6.45, 7) is 3.57. The lowest BCUT2D eigenvalue weighted by Crippen LogP contribution is -2.46. The normalized spacial score (nSPS) is 24.6. The fraction of sp³-hybridized carbons (Fsp3) is 0.667. The lowest BCUT2D eigenvalue weighted by molar-refractivity contribution is 0.0359. The van der Waals surface area contributed by atoms with E-state index in [0.29, 0.717) is 11.0 Å². The number of carbonyl (C=O) groups is 1. The summed E-state index contributed by atoms with van der Waals surface area (Å²) in [5, 5.41) is 16.7. The molecule has 1 aliphatic rings. The van der Waals surface area contributed by atoms with Crippen LogP contribution in [0.3, 0.4) is 0 Å². The fourth-order valence-electron chi connectivity index (χ4n) is 2.59. The first-order valence-electron chi connectivity index (χ1n) is 7.27. The molecule has 3 unspecified atom stereocenters. The molecule has 1 saturated carbocycles. The van der Waals surface area contributed by atoms with E-state index < -0.39 is 5.60 Å². The number of hydrogen-bond acceptors (Lipinski definition) is 4. The molecule has 1 aromatic rings. The zero-order valence-electron chi connectivity index (χ0n) is 12.8. The summed E-state index contributed by atoms with van der Waals surface area (Å²) in [6, 6.07) is 3.53. The fourth-order valence-corrected chi connectivity index (χ4v) is 3.38. The summed E-state index contributed by atoms with van der Waals surface area (Å²) in [4.78, 5) is 11.9. The number of urea groups is 1. The van der Waals surface area contributed by atoms with Crippen LogP contribution in [0.4, 0.5) is 4.79 Å². The molecule has 0 saturated heterocycles. The molecule has 6 heteroatoms. The van der Waals surface area contributed by atoms with Gasteiger partial charge >= 0.3 is 6.03 Å². The molecule has 0 aromatic carbocycles. The van der Waals surface area contributed by atoms with E-state index in [9.17, 15) is 9.90 Å². The second kappa shape index (κ2) is 6.75. The molecule has 1 fully saturated rings. The van der Waals surface area contributed by atoms with Gasteiger partial charge in [-0.3, -0.25) is 0 Å². The Bertz CT molecular complexity index is 487. The zero-order chi connectivity index (χ0) is 15.5. The molecule has 0 spiro atoms. The number of carbonyl (C=O) groups excluding carboxylic acids is 1. The van der Waals surface area contributed by atoms with Gasteiger partial charge < -0.3 is 20.2 Å². The van der Waals surface area contributed by atoms with Crippen molar-refractivity contribution in [3.8, 4) is 0 Å². The highest BCUT2D eigenvalue weighted by molar-refractivity contribution is 7.99. The lowest BCUT2D eigenvalue weighted by Gasteiger charge is -2.22. The summed E-state index contributed by atoms with van der Waals surface area (Å²) in [7, 11) is 0. The highest BCUT2D eigenvalue weighted by Crippen LogP contribution is 2.28. The second-order valence-corrected chi connectivity index (χ2v) is 7.02. The molecule has 0 bridgehead atoms. The van der Waals surface area contributed by atoms with E-state index in [1.54, 1.807) is 19.1 Å².